The molecule has 0 unspecified atom stereocenters. The van der Waals surface area contributed by atoms with Gasteiger partial charge in [-0.2, -0.15) is 4.31 Å². The van der Waals surface area contributed by atoms with Gasteiger partial charge in [-0.1, -0.05) is 29.8 Å². The highest BCUT2D eigenvalue weighted by Gasteiger charge is 2.28. The normalized spacial score (nSPS) is 19.0. The van der Waals surface area contributed by atoms with Gasteiger partial charge in [0.2, 0.25) is 10.0 Å². The summed E-state index contributed by atoms with van der Waals surface area (Å²) >= 11 is 6.14. The summed E-state index contributed by atoms with van der Waals surface area (Å²) in [5.41, 5.74) is 1.58. The van der Waals surface area contributed by atoms with Gasteiger partial charge in [0.15, 0.2) is 0 Å². The van der Waals surface area contributed by atoms with Gasteiger partial charge in [-0.3, -0.25) is 0 Å². The molecule has 0 aliphatic carbocycles. The Balaban J connectivity index is 1.99. The Kier molecular flexibility index (Phi) is 3.20. The highest BCUT2D eigenvalue weighted by Crippen LogP contribution is 2.24. The minimum Gasteiger partial charge on any atom is -0.236 e. The number of benzene rings is 1. The van der Waals surface area contributed by atoms with Gasteiger partial charge in [0.1, 0.15) is 5.15 Å². The number of nitrogens with zero attached hydrogens (tertiary/aromatic N) is 2. The first-order valence-electron chi connectivity index (χ1n) is 6.08. The molecular formula is C13H13ClN2O2S. The van der Waals surface area contributed by atoms with E-state index >= 15 is 0 Å². The molecule has 0 N–H and O–H groups in total. The highest BCUT2D eigenvalue weighted by molar-refractivity contribution is 7.89. The van der Waals surface area contributed by atoms with Crippen LogP contribution in [0.25, 0.3) is 10.9 Å². The predicted octanol–water partition coefficient (Wildman–Crippen LogP) is 2.42. The number of fused-ring (bicyclic) bond motifs is 1. The molecule has 1 fully saturated rings. The smallest absolute Gasteiger partial charge is 0.214 e. The summed E-state index contributed by atoms with van der Waals surface area (Å²) in [7, 11) is -3.11. The molecule has 19 heavy (non-hydrogen) atoms. The molecule has 3 rings (SSSR count). The molecule has 0 saturated carbocycles. The largest absolute Gasteiger partial charge is 0.236 e. The lowest BCUT2D eigenvalue weighted by molar-refractivity contribution is 0.439. The summed E-state index contributed by atoms with van der Waals surface area (Å²) in [5.74, 6) is 0.228. The van der Waals surface area contributed by atoms with Crippen LogP contribution in [0.4, 0.5) is 0 Å². The summed E-state index contributed by atoms with van der Waals surface area (Å²) in [6.07, 6.45) is 0.682. The first kappa shape index (κ1) is 12.8. The van der Waals surface area contributed by atoms with Crippen molar-refractivity contribution < 1.29 is 8.42 Å². The first-order chi connectivity index (χ1) is 9.06. The van der Waals surface area contributed by atoms with Crippen molar-refractivity contribution in [2.75, 3.05) is 12.3 Å². The van der Waals surface area contributed by atoms with Gasteiger partial charge in [0.25, 0.3) is 0 Å². The number of para-hydroxylation sites is 1. The van der Waals surface area contributed by atoms with Crippen LogP contribution in [0.3, 0.4) is 0 Å². The Labute approximate surface area is 117 Å². The Morgan fingerprint density at radius 3 is 2.84 bits per heavy atom. The summed E-state index contributed by atoms with van der Waals surface area (Å²) < 4.78 is 25.1. The van der Waals surface area contributed by atoms with Crippen molar-refractivity contribution in [3.05, 3.63) is 41.0 Å². The number of rotatable bonds is 2. The third-order valence-corrected chi connectivity index (χ3v) is 5.53. The number of hydrogen-bond acceptors (Lipinski definition) is 3. The zero-order valence-electron chi connectivity index (χ0n) is 10.2. The first-order valence-corrected chi connectivity index (χ1v) is 8.07. The van der Waals surface area contributed by atoms with Crippen LogP contribution in [0.2, 0.25) is 5.15 Å². The Hall–Kier alpha value is -1.17. The molecule has 0 radical (unpaired) electrons. The fourth-order valence-electron chi connectivity index (χ4n) is 2.31. The van der Waals surface area contributed by atoms with Crippen LogP contribution in [0.15, 0.2) is 30.3 Å². The van der Waals surface area contributed by atoms with Gasteiger partial charge in [-0.25, -0.2) is 13.4 Å². The maximum absolute atomic E-state index is 11.8. The van der Waals surface area contributed by atoms with E-state index in [1.54, 1.807) is 0 Å². The summed E-state index contributed by atoms with van der Waals surface area (Å²) in [5, 5.41) is 1.35. The standard InChI is InChI=1S/C13H13ClN2O2S/c14-13-11(9-16-6-3-7-19(16,17)18)8-10-4-1-2-5-12(10)15-13/h1-2,4-5,8H,3,6-7,9H2. The van der Waals surface area contributed by atoms with E-state index in [9.17, 15) is 8.42 Å². The van der Waals surface area contributed by atoms with E-state index in [0.717, 1.165) is 16.5 Å². The molecule has 0 amide bonds. The Bertz CT molecular complexity index is 731. The average molecular weight is 297 g/mol. The van der Waals surface area contributed by atoms with Crippen LogP contribution < -0.4 is 0 Å². The highest BCUT2D eigenvalue weighted by atomic mass is 35.5. The van der Waals surface area contributed by atoms with E-state index < -0.39 is 10.0 Å². The zero-order valence-corrected chi connectivity index (χ0v) is 11.8. The molecule has 6 heteroatoms. The van der Waals surface area contributed by atoms with Crippen molar-refractivity contribution >= 4 is 32.5 Å². The minimum absolute atomic E-state index is 0.228. The maximum atomic E-state index is 11.8. The van der Waals surface area contributed by atoms with Crippen LogP contribution in [0, 0.1) is 0 Å². The van der Waals surface area contributed by atoms with Crippen LogP contribution in [-0.4, -0.2) is 30.0 Å². The number of aromatic nitrogens is 1. The molecule has 1 aromatic carbocycles. The molecule has 100 valence electrons. The molecule has 0 spiro atoms. The summed E-state index contributed by atoms with van der Waals surface area (Å²) in [6, 6.07) is 9.57. The van der Waals surface area contributed by atoms with E-state index in [4.69, 9.17) is 11.6 Å². The van der Waals surface area contributed by atoms with Crippen molar-refractivity contribution in [3.8, 4) is 0 Å². The van der Waals surface area contributed by atoms with E-state index in [2.05, 4.69) is 4.98 Å². The molecule has 2 heterocycles. The fourth-order valence-corrected chi connectivity index (χ4v) is 4.01. The van der Waals surface area contributed by atoms with Crippen LogP contribution in [0.1, 0.15) is 12.0 Å². The average Bonchev–Trinajstić information content (AvgIpc) is 2.70. The minimum atomic E-state index is -3.11. The van der Waals surface area contributed by atoms with Gasteiger partial charge in [-0.15, -0.1) is 0 Å². The van der Waals surface area contributed by atoms with Crippen LogP contribution >= 0.6 is 11.6 Å². The third-order valence-electron chi connectivity index (χ3n) is 3.30. The zero-order chi connectivity index (χ0) is 13.5. The van der Waals surface area contributed by atoms with Crippen molar-refractivity contribution in [2.45, 2.75) is 13.0 Å². The molecule has 1 saturated heterocycles. The predicted molar refractivity (Wildman–Crippen MR) is 75.6 cm³/mol. The number of halogens is 1. The van der Waals surface area contributed by atoms with Gasteiger partial charge in [-0.05, 0) is 18.6 Å². The monoisotopic (exact) mass is 296 g/mol. The second-order valence-corrected chi connectivity index (χ2v) is 7.08. The summed E-state index contributed by atoms with van der Waals surface area (Å²) in [6.45, 7) is 0.866. The van der Waals surface area contributed by atoms with Crippen LogP contribution in [0.5, 0.6) is 0 Å². The van der Waals surface area contributed by atoms with Crippen molar-refractivity contribution in [1.29, 1.82) is 0 Å². The quantitative estimate of drug-likeness (QED) is 0.800. The molecule has 0 atom stereocenters. The van der Waals surface area contributed by atoms with Crippen molar-refractivity contribution in [3.63, 3.8) is 0 Å². The van der Waals surface area contributed by atoms with Gasteiger partial charge >= 0.3 is 0 Å². The fraction of sp³-hybridized carbons (Fsp3) is 0.308. The molecular weight excluding hydrogens is 284 g/mol. The molecule has 0 bridgehead atoms. The van der Waals surface area contributed by atoms with Gasteiger partial charge in [0.05, 0.1) is 11.3 Å². The third kappa shape index (κ3) is 2.45. The maximum Gasteiger partial charge on any atom is 0.214 e. The Morgan fingerprint density at radius 1 is 1.32 bits per heavy atom. The second-order valence-electron chi connectivity index (χ2n) is 4.63. The lowest BCUT2D eigenvalue weighted by atomic mass is 10.1. The van der Waals surface area contributed by atoms with Crippen molar-refractivity contribution in [1.82, 2.24) is 9.29 Å². The Morgan fingerprint density at radius 2 is 2.11 bits per heavy atom. The van der Waals surface area contributed by atoms with E-state index in [1.165, 1.54) is 4.31 Å². The van der Waals surface area contributed by atoms with Gasteiger partial charge in [0, 0.05) is 24.0 Å². The summed E-state index contributed by atoms with van der Waals surface area (Å²) in [4.78, 5) is 4.31. The lowest BCUT2D eigenvalue weighted by Gasteiger charge is -2.15. The molecule has 1 aliphatic rings. The molecule has 1 aliphatic heterocycles. The van der Waals surface area contributed by atoms with Crippen molar-refractivity contribution in [2.24, 2.45) is 0 Å². The number of hydrogen-bond donors (Lipinski definition) is 0. The van der Waals surface area contributed by atoms with Gasteiger partial charge < -0.3 is 0 Å². The number of sulfonamides is 1. The van der Waals surface area contributed by atoms with E-state index in [1.807, 2.05) is 30.3 Å². The second kappa shape index (κ2) is 4.74. The van der Waals surface area contributed by atoms with E-state index in [0.29, 0.717) is 24.7 Å². The lowest BCUT2D eigenvalue weighted by Crippen LogP contribution is -2.25. The topological polar surface area (TPSA) is 50.3 Å². The van der Waals surface area contributed by atoms with Crippen LogP contribution in [-0.2, 0) is 16.6 Å². The van der Waals surface area contributed by atoms with E-state index in [-0.39, 0.29) is 5.75 Å². The molecule has 2 aromatic rings. The SMILES string of the molecule is O=S1(=O)CCCN1Cc1cc2ccccc2nc1Cl. The molecule has 1 aromatic heterocycles. The molecule has 4 nitrogen and oxygen atoms in total. The number of pyridine rings is 1.